The number of hydrogen-bond acceptors (Lipinski definition) is 4. The molecule has 0 amide bonds. The molecule has 1 atom stereocenters. The third-order valence-corrected chi connectivity index (χ3v) is 2.67. The monoisotopic (exact) mass is 197 g/mol. The number of carboxylic acid groups (broad SMARTS) is 1. The first-order chi connectivity index (χ1) is 6.27. The van der Waals surface area contributed by atoms with E-state index in [0.29, 0.717) is 6.42 Å². The van der Waals surface area contributed by atoms with Gasteiger partial charge in [0, 0.05) is 6.42 Å². The Morgan fingerprint density at radius 3 is 3.15 bits per heavy atom. The molecule has 1 aromatic rings. The van der Waals surface area contributed by atoms with Crippen LogP contribution in [0.1, 0.15) is 11.3 Å². The van der Waals surface area contributed by atoms with E-state index >= 15 is 0 Å². The van der Waals surface area contributed by atoms with Crippen LogP contribution in [0.4, 0.5) is 0 Å². The molecule has 4 nitrogen and oxygen atoms in total. The maximum atomic E-state index is 10.5. The van der Waals surface area contributed by atoms with Gasteiger partial charge in [0.15, 0.2) is 0 Å². The third kappa shape index (κ3) is 1.55. The van der Waals surface area contributed by atoms with Crippen molar-refractivity contribution in [1.29, 1.82) is 0 Å². The van der Waals surface area contributed by atoms with Crippen LogP contribution < -0.4 is 0 Å². The molecule has 0 unspecified atom stereocenters. The molecule has 0 saturated heterocycles. The fourth-order valence-corrected chi connectivity index (χ4v) is 1.82. The standard InChI is InChI=1S/C8H7NO3S/c10-8(11)6-4-5(9-12-6)7-2-1-3-13-7/h1-3,6H,4H2,(H,10,11)/t6-/m0/s1. The molecule has 0 aromatic carbocycles. The fraction of sp³-hybridized carbons (Fsp3) is 0.250. The average Bonchev–Trinajstić information content (AvgIpc) is 2.75. The average molecular weight is 197 g/mol. The molecule has 0 bridgehead atoms. The Bertz CT molecular complexity index is 344. The largest absolute Gasteiger partial charge is 0.478 e. The number of thiophene rings is 1. The van der Waals surface area contributed by atoms with E-state index in [-0.39, 0.29) is 0 Å². The molecule has 0 fully saturated rings. The van der Waals surface area contributed by atoms with Gasteiger partial charge in [0.2, 0.25) is 6.10 Å². The summed E-state index contributed by atoms with van der Waals surface area (Å²) in [7, 11) is 0. The molecular weight excluding hydrogens is 190 g/mol. The first-order valence-electron chi connectivity index (χ1n) is 3.77. The van der Waals surface area contributed by atoms with Gasteiger partial charge in [0.25, 0.3) is 0 Å². The molecule has 0 saturated carbocycles. The first-order valence-corrected chi connectivity index (χ1v) is 4.64. The molecule has 1 N–H and O–H groups in total. The summed E-state index contributed by atoms with van der Waals surface area (Å²) in [5, 5.41) is 14.3. The normalized spacial score (nSPS) is 20.9. The number of carboxylic acids is 1. The zero-order valence-corrected chi connectivity index (χ0v) is 7.45. The van der Waals surface area contributed by atoms with Gasteiger partial charge in [-0.2, -0.15) is 0 Å². The van der Waals surface area contributed by atoms with Crippen LogP contribution in [-0.4, -0.2) is 22.9 Å². The van der Waals surface area contributed by atoms with E-state index in [1.165, 1.54) is 11.3 Å². The van der Waals surface area contributed by atoms with Crippen molar-refractivity contribution < 1.29 is 14.7 Å². The summed E-state index contributed by atoms with van der Waals surface area (Å²) in [6.07, 6.45) is -0.451. The summed E-state index contributed by atoms with van der Waals surface area (Å²) >= 11 is 1.53. The number of aliphatic carboxylic acids is 1. The molecule has 0 radical (unpaired) electrons. The predicted octanol–water partition coefficient (Wildman–Crippen LogP) is 1.33. The number of nitrogens with zero attached hydrogens (tertiary/aromatic N) is 1. The number of carbonyl (C=O) groups is 1. The lowest BCUT2D eigenvalue weighted by atomic mass is 10.1. The summed E-state index contributed by atoms with van der Waals surface area (Å²) in [6.45, 7) is 0. The lowest BCUT2D eigenvalue weighted by molar-refractivity contribution is -0.148. The van der Waals surface area contributed by atoms with Gasteiger partial charge in [-0.3, -0.25) is 0 Å². The van der Waals surface area contributed by atoms with E-state index < -0.39 is 12.1 Å². The molecule has 1 aromatic heterocycles. The summed E-state index contributed by atoms with van der Waals surface area (Å²) in [5.41, 5.74) is 0.724. The molecule has 2 rings (SSSR count). The van der Waals surface area contributed by atoms with Crippen molar-refractivity contribution in [3.63, 3.8) is 0 Å². The van der Waals surface area contributed by atoms with Crippen molar-refractivity contribution >= 4 is 23.0 Å². The van der Waals surface area contributed by atoms with Crippen LogP contribution in [-0.2, 0) is 9.63 Å². The molecule has 1 aliphatic heterocycles. The van der Waals surface area contributed by atoms with Crippen molar-refractivity contribution in [2.24, 2.45) is 5.16 Å². The minimum absolute atomic E-state index is 0.357. The third-order valence-electron chi connectivity index (χ3n) is 1.75. The topological polar surface area (TPSA) is 58.9 Å². The van der Waals surface area contributed by atoms with E-state index in [1.807, 2.05) is 17.5 Å². The highest BCUT2D eigenvalue weighted by molar-refractivity contribution is 7.12. The molecule has 0 aliphatic carbocycles. The van der Waals surface area contributed by atoms with Crippen molar-refractivity contribution in [2.45, 2.75) is 12.5 Å². The Morgan fingerprint density at radius 1 is 1.77 bits per heavy atom. The maximum Gasteiger partial charge on any atom is 0.348 e. The lowest BCUT2D eigenvalue weighted by Crippen LogP contribution is -2.19. The zero-order chi connectivity index (χ0) is 9.26. The van der Waals surface area contributed by atoms with Gasteiger partial charge in [-0.15, -0.1) is 11.3 Å². The Labute approximate surface area is 78.4 Å². The van der Waals surface area contributed by atoms with Crippen LogP contribution in [0.3, 0.4) is 0 Å². The van der Waals surface area contributed by atoms with E-state index in [4.69, 9.17) is 9.94 Å². The van der Waals surface area contributed by atoms with Crippen LogP contribution in [0, 0.1) is 0 Å². The highest BCUT2D eigenvalue weighted by Crippen LogP contribution is 2.19. The second kappa shape index (κ2) is 3.18. The van der Waals surface area contributed by atoms with Crippen LogP contribution in [0.15, 0.2) is 22.7 Å². The van der Waals surface area contributed by atoms with E-state index in [2.05, 4.69) is 5.16 Å². The summed E-state index contributed by atoms with van der Waals surface area (Å²) in [5.74, 6) is -0.963. The molecule has 2 heterocycles. The molecule has 68 valence electrons. The van der Waals surface area contributed by atoms with Gasteiger partial charge >= 0.3 is 5.97 Å². The molecule has 1 aliphatic rings. The van der Waals surface area contributed by atoms with Crippen molar-refractivity contribution in [2.75, 3.05) is 0 Å². The highest BCUT2D eigenvalue weighted by Gasteiger charge is 2.28. The lowest BCUT2D eigenvalue weighted by Gasteiger charge is -1.98. The minimum Gasteiger partial charge on any atom is -0.478 e. The maximum absolute atomic E-state index is 10.5. The highest BCUT2D eigenvalue weighted by atomic mass is 32.1. The molecular formula is C8H7NO3S. The molecule has 0 spiro atoms. The van der Waals surface area contributed by atoms with Gasteiger partial charge in [0.1, 0.15) is 5.71 Å². The quantitative estimate of drug-likeness (QED) is 0.778. The van der Waals surface area contributed by atoms with Crippen molar-refractivity contribution in [3.05, 3.63) is 22.4 Å². The summed E-state index contributed by atoms with van der Waals surface area (Å²) < 4.78 is 0. The smallest absolute Gasteiger partial charge is 0.348 e. The minimum atomic E-state index is -0.963. The van der Waals surface area contributed by atoms with Gasteiger partial charge in [-0.1, -0.05) is 11.2 Å². The fourth-order valence-electron chi connectivity index (χ4n) is 1.10. The van der Waals surface area contributed by atoms with Gasteiger partial charge < -0.3 is 9.94 Å². The summed E-state index contributed by atoms with van der Waals surface area (Å²) in [4.78, 5) is 16.2. The van der Waals surface area contributed by atoms with Crippen LogP contribution in [0.2, 0.25) is 0 Å². The second-order valence-electron chi connectivity index (χ2n) is 2.65. The second-order valence-corrected chi connectivity index (χ2v) is 3.60. The Hall–Kier alpha value is -1.36. The number of rotatable bonds is 2. The Balaban J connectivity index is 2.10. The zero-order valence-electron chi connectivity index (χ0n) is 6.64. The first kappa shape index (κ1) is 8.25. The van der Waals surface area contributed by atoms with E-state index in [0.717, 1.165) is 10.6 Å². The van der Waals surface area contributed by atoms with Gasteiger partial charge in [0.05, 0.1) is 4.88 Å². The Kier molecular flexibility index (Phi) is 2.02. The van der Waals surface area contributed by atoms with Crippen molar-refractivity contribution in [3.8, 4) is 0 Å². The Morgan fingerprint density at radius 2 is 2.62 bits per heavy atom. The van der Waals surface area contributed by atoms with E-state index in [1.54, 1.807) is 0 Å². The molecule has 13 heavy (non-hydrogen) atoms. The molecule has 5 heteroatoms. The van der Waals surface area contributed by atoms with Crippen LogP contribution >= 0.6 is 11.3 Å². The van der Waals surface area contributed by atoms with Gasteiger partial charge in [-0.25, -0.2) is 4.79 Å². The number of hydrogen-bond donors (Lipinski definition) is 1. The predicted molar refractivity (Wildman–Crippen MR) is 48.0 cm³/mol. The van der Waals surface area contributed by atoms with Crippen LogP contribution in [0.5, 0.6) is 0 Å². The SMILES string of the molecule is O=C(O)[C@@H]1CC(c2cccs2)=NO1. The van der Waals surface area contributed by atoms with Crippen LogP contribution in [0.25, 0.3) is 0 Å². The van der Waals surface area contributed by atoms with Gasteiger partial charge in [-0.05, 0) is 11.4 Å². The van der Waals surface area contributed by atoms with E-state index in [9.17, 15) is 4.79 Å². The number of oxime groups is 1. The summed E-state index contributed by atoms with van der Waals surface area (Å²) in [6, 6.07) is 3.80. The van der Waals surface area contributed by atoms with Crippen molar-refractivity contribution in [1.82, 2.24) is 0 Å².